The number of fused-ring (bicyclic) bond motifs is 3. The number of Topliss-reactive ketones (excluding diaryl/α,β-unsaturated/α-hetero) is 2. The third-order valence-electron chi connectivity index (χ3n) is 16.4. The highest BCUT2D eigenvalue weighted by Gasteiger charge is 2.57. The second-order valence-corrected chi connectivity index (χ2v) is 29.3. The quantitative estimate of drug-likeness (QED) is 0.0404. The first-order valence-electron chi connectivity index (χ1n) is 26.4. The lowest BCUT2D eigenvalue weighted by atomic mass is 9.81. The molecule has 18 nitrogen and oxygen atoms in total. The fourth-order valence-corrected chi connectivity index (χ4v) is 13.7. The van der Waals surface area contributed by atoms with E-state index in [1.165, 1.54) is 31.3 Å². The maximum Gasteiger partial charge on any atom is 0.329 e. The van der Waals surface area contributed by atoms with Crippen LogP contribution >= 0.6 is 0 Å². The minimum Gasteiger partial charge on any atom is -0.456 e. The van der Waals surface area contributed by atoms with Crippen LogP contribution in [0.1, 0.15) is 133 Å². The third-order valence-corrected chi connectivity index (χ3v) is 22.3. The first kappa shape index (κ1) is 61.1. The van der Waals surface area contributed by atoms with Gasteiger partial charge in [-0.25, -0.2) is 4.79 Å². The summed E-state index contributed by atoms with van der Waals surface area (Å²) in [5.74, 6) is -8.15. The number of aliphatic hydroxyl groups is 2. The molecule has 74 heavy (non-hydrogen) atoms. The van der Waals surface area contributed by atoms with E-state index < -0.39 is 124 Å². The van der Waals surface area contributed by atoms with Gasteiger partial charge in [0.15, 0.2) is 13.2 Å². The number of rotatable bonds is 11. The molecular formula is C54H84N2O16SSi. The number of allylic oxidation sites excluding steroid dienone is 3. The number of nitrogens with zero attached hydrogens (tertiary/aromatic N) is 2. The maximum absolute atomic E-state index is 14.9. The van der Waals surface area contributed by atoms with Crippen LogP contribution < -0.4 is 0 Å². The number of ether oxygens (including phenoxy) is 4. The zero-order chi connectivity index (χ0) is 55.2. The SMILES string of the molecule is CCC1C=C(C)CC(C)CC(OC)C2OC(O)(C(=O)C(=O)N3CCCCC3C(=O)OC(C(C)=CC3CCC(OS(=O)(=O)c4ccccc4[N+](=O)[O-])C(O)C3)C(C)C(O[Si](C)(C)C(C)(C)C)CC1=O)C(C)CC2OC. The molecule has 0 radical (unpaired) electrons. The number of carbonyl (C=O) groups is 4. The van der Waals surface area contributed by atoms with Crippen LogP contribution in [0.2, 0.25) is 18.1 Å². The predicted octanol–water partition coefficient (Wildman–Crippen LogP) is 8.17. The number of benzene rings is 1. The lowest BCUT2D eigenvalue weighted by Crippen LogP contribution is -2.64. The largest absolute Gasteiger partial charge is 0.456 e. The molecule has 1 aromatic carbocycles. The molecule has 3 fully saturated rings. The average molecular weight is 1080 g/mol. The van der Waals surface area contributed by atoms with Gasteiger partial charge in [-0.15, -0.1) is 0 Å². The Hall–Kier alpha value is -3.73. The Bertz CT molecular complexity index is 2350. The first-order valence-corrected chi connectivity index (χ1v) is 30.7. The maximum atomic E-state index is 14.9. The highest BCUT2D eigenvalue weighted by Crippen LogP contribution is 2.42. The Morgan fingerprint density at radius 2 is 1.61 bits per heavy atom. The summed E-state index contributed by atoms with van der Waals surface area (Å²) in [5.41, 5.74) is 0.882. The van der Waals surface area contributed by atoms with Crippen molar-refractivity contribution in [3.8, 4) is 0 Å². The van der Waals surface area contributed by atoms with Crippen molar-refractivity contribution in [1.29, 1.82) is 0 Å². The van der Waals surface area contributed by atoms with Crippen LogP contribution in [0.4, 0.5) is 5.69 Å². The van der Waals surface area contributed by atoms with Crippen LogP contribution in [0.25, 0.3) is 0 Å². The van der Waals surface area contributed by atoms with Gasteiger partial charge in [0.05, 0.1) is 29.3 Å². The molecule has 4 aliphatic rings. The zero-order valence-corrected chi connectivity index (χ0v) is 47.7. The van der Waals surface area contributed by atoms with Crippen molar-refractivity contribution in [1.82, 2.24) is 4.90 Å². The molecule has 2 N–H and O–H groups in total. The molecule has 0 aromatic heterocycles. The van der Waals surface area contributed by atoms with Gasteiger partial charge in [-0.2, -0.15) is 8.42 Å². The molecule has 3 aliphatic heterocycles. The second kappa shape index (κ2) is 25.2. The van der Waals surface area contributed by atoms with E-state index in [9.17, 15) is 47.9 Å². The topological polar surface area (TPSA) is 245 Å². The fraction of sp³-hybridized carbons (Fsp3) is 0.741. The van der Waals surface area contributed by atoms with E-state index in [1.807, 2.05) is 32.9 Å². The molecule has 14 unspecified atom stereocenters. The van der Waals surface area contributed by atoms with Crippen molar-refractivity contribution in [2.75, 3.05) is 20.8 Å². The van der Waals surface area contributed by atoms with Crippen LogP contribution in [-0.4, -0.2) is 136 Å². The van der Waals surface area contributed by atoms with Crippen molar-refractivity contribution in [2.24, 2.45) is 29.6 Å². The van der Waals surface area contributed by atoms with Crippen molar-refractivity contribution >= 4 is 47.6 Å². The van der Waals surface area contributed by atoms with Gasteiger partial charge in [0.1, 0.15) is 30.1 Å². The number of ketones is 2. The lowest BCUT2D eigenvalue weighted by molar-refractivity contribution is -0.387. The van der Waals surface area contributed by atoms with Gasteiger partial charge >= 0.3 is 16.1 Å². The molecule has 0 spiro atoms. The molecule has 2 saturated heterocycles. The molecule has 1 aliphatic carbocycles. The summed E-state index contributed by atoms with van der Waals surface area (Å²) in [7, 11) is -4.27. The van der Waals surface area contributed by atoms with Crippen LogP contribution in [-0.2, 0) is 56.9 Å². The number of amides is 1. The van der Waals surface area contributed by atoms with Crippen LogP contribution in [0, 0.1) is 39.7 Å². The number of hydrogen-bond donors (Lipinski definition) is 2. The molecule has 20 heteroatoms. The van der Waals surface area contributed by atoms with E-state index in [-0.39, 0.29) is 61.3 Å². The van der Waals surface area contributed by atoms with Gasteiger partial charge in [0, 0.05) is 51.0 Å². The molecule has 14 atom stereocenters. The number of cyclic esters (lactones) is 1. The molecular weight excluding hydrogens is 993 g/mol. The summed E-state index contributed by atoms with van der Waals surface area (Å²) in [5, 5.41) is 35.0. The molecule has 3 heterocycles. The summed E-state index contributed by atoms with van der Waals surface area (Å²) in [6, 6.07) is 3.59. The van der Waals surface area contributed by atoms with Gasteiger partial charge in [-0.1, -0.05) is 78.3 Å². The van der Waals surface area contributed by atoms with Crippen LogP contribution in [0.5, 0.6) is 0 Å². The average Bonchev–Trinajstić information content (AvgIpc) is 3.33. The summed E-state index contributed by atoms with van der Waals surface area (Å²) in [4.78, 5) is 70.2. The Morgan fingerprint density at radius 3 is 2.22 bits per heavy atom. The number of esters is 1. The van der Waals surface area contributed by atoms with Crippen molar-refractivity contribution in [2.45, 2.75) is 211 Å². The minimum atomic E-state index is -4.66. The monoisotopic (exact) mass is 1080 g/mol. The minimum absolute atomic E-state index is 0.00938. The van der Waals surface area contributed by atoms with E-state index in [4.69, 9.17) is 27.6 Å². The van der Waals surface area contributed by atoms with Gasteiger partial charge in [-0.05, 0) is 120 Å². The Balaban J connectivity index is 1.58. The molecule has 1 amide bonds. The predicted molar refractivity (Wildman–Crippen MR) is 278 cm³/mol. The molecule has 416 valence electrons. The number of aliphatic hydroxyl groups excluding tert-OH is 1. The van der Waals surface area contributed by atoms with Crippen LogP contribution in [0.15, 0.2) is 52.5 Å². The van der Waals surface area contributed by atoms with E-state index in [0.29, 0.717) is 44.1 Å². The zero-order valence-electron chi connectivity index (χ0n) is 45.9. The fourth-order valence-electron chi connectivity index (χ4n) is 11.0. The standard InChI is InChI=1S/C54H84N2O16SSi/c1-14-38-26-32(2)25-33(3)27-45(67-10)49-46(68-11)29-35(5)54(62,70-49)50(59)51(60)55-24-18-17-20-40(55)52(61)69-48(36(6)44(31-41(38)57)72-74(12,13)53(7,8)9)34(4)28-37-22-23-43(42(58)30-37)71-73(65,66)47-21-16-15-19-39(47)56(63)64/h15-16,19,21,26,28,33,35-38,40,42-46,48-49,58,62H,14,17-18,20,22-25,27,29-31H2,1-13H3. The second-order valence-electron chi connectivity index (χ2n) is 23.0. The highest BCUT2D eigenvalue weighted by atomic mass is 32.2. The Morgan fingerprint density at radius 1 is 0.959 bits per heavy atom. The van der Waals surface area contributed by atoms with E-state index in [0.717, 1.165) is 17.7 Å². The summed E-state index contributed by atoms with van der Waals surface area (Å²) >= 11 is 0. The number of para-hydroxylation sites is 1. The number of methoxy groups -OCH3 is 2. The summed E-state index contributed by atoms with van der Waals surface area (Å²) in [6.45, 7) is 21.8. The van der Waals surface area contributed by atoms with Gasteiger partial charge in [0.2, 0.25) is 5.79 Å². The molecule has 5 rings (SSSR count). The van der Waals surface area contributed by atoms with Crippen molar-refractivity contribution < 1.29 is 70.3 Å². The first-order chi connectivity index (χ1) is 34.5. The molecule has 1 saturated carbocycles. The summed E-state index contributed by atoms with van der Waals surface area (Å²) < 4.78 is 64.1. The number of hydrogen-bond acceptors (Lipinski definition) is 16. The number of nitro benzene ring substituents is 1. The smallest absolute Gasteiger partial charge is 0.329 e. The van der Waals surface area contributed by atoms with Gasteiger partial charge in [-0.3, -0.25) is 28.7 Å². The van der Waals surface area contributed by atoms with Gasteiger partial charge < -0.3 is 38.5 Å². The van der Waals surface area contributed by atoms with E-state index in [1.54, 1.807) is 13.8 Å². The Labute approximate surface area is 439 Å². The van der Waals surface area contributed by atoms with Crippen LogP contribution in [0.3, 0.4) is 0 Å². The van der Waals surface area contributed by atoms with E-state index in [2.05, 4.69) is 40.8 Å². The Kier molecular flexibility index (Phi) is 20.8. The van der Waals surface area contributed by atoms with Gasteiger partial charge in [0.25, 0.3) is 17.4 Å². The highest BCUT2D eigenvalue weighted by molar-refractivity contribution is 7.87. The van der Waals surface area contributed by atoms with Crippen molar-refractivity contribution in [3.63, 3.8) is 0 Å². The molecule has 2 bridgehead atoms. The van der Waals surface area contributed by atoms with E-state index >= 15 is 0 Å². The number of carbonyl (C=O) groups excluding carboxylic acids is 4. The normalized spacial score (nSPS) is 34.3. The third kappa shape index (κ3) is 14.2. The number of piperidine rings is 1. The summed E-state index contributed by atoms with van der Waals surface area (Å²) in [6.07, 6.45) is 0.619. The lowest BCUT2D eigenvalue weighted by Gasteiger charge is -2.47. The molecule has 1 aromatic rings. The van der Waals surface area contributed by atoms with Crippen molar-refractivity contribution in [3.05, 3.63) is 57.7 Å². The number of nitro groups is 1.